The summed E-state index contributed by atoms with van der Waals surface area (Å²) in [5, 5.41) is 11.8. The van der Waals surface area contributed by atoms with Crippen LogP contribution in [0.1, 0.15) is 11.1 Å². The first kappa shape index (κ1) is 18.6. The van der Waals surface area contributed by atoms with Crippen molar-refractivity contribution in [1.82, 2.24) is 10.2 Å². The highest BCUT2D eigenvalue weighted by molar-refractivity contribution is 14.1. The zero-order valence-corrected chi connectivity index (χ0v) is 16.4. The van der Waals surface area contributed by atoms with E-state index in [0.717, 1.165) is 29.6 Å². The summed E-state index contributed by atoms with van der Waals surface area (Å²) >= 11 is 4.14. The lowest BCUT2D eigenvalue weighted by Crippen LogP contribution is -2.22. The average molecular weight is 498 g/mol. The summed E-state index contributed by atoms with van der Waals surface area (Å²) in [7, 11) is 1.66. The molecule has 1 aliphatic rings. The number of thioether (sulfide) groups is 2. The van der Waals surface area contributed by atoms with Gasteiger partial charge in [0.25, 0.3) is 5.56 Å². The number of fused-ring (bicyclic) bond motifs is 1. The maximum atomic E-state index is 13.2. The molecule has 3 rings (SSSR count). The van der Waals surface area contributed by atoms with Crippen molar-refractivity contribution in [3.63, 3.8) is 0 Å². The first-order valence-corrected chi connectivity index (χ1v) is 9.70. The summed E-state index contributed by atoms with van der Waals surface area (Å²) in [6.07, 6.45) is -2.93. The maximum absolute atomic E-state index is 13.2. The van der Waals surface area contributed by atoms with Gasteiger partial charge in [-0.2, -0.15) is 23.4 Å². The number of H-pyrrole nitrogens is 1. The number of nitrogens with zero attached hydrogens (tertiary/aromatic N) is 3. The standard InChI is InChI=1S/C14H10F3IN4OS2/c1-22-10-5-19-20-12(23)11(10)25-13(21-22)24-6-7-2-3-8(18)4-9(7)14(15,16)17/h2-5H,6H2,1H3,(H,20,23). The van der Waals surface area contributed by atoms with E-state index in [-0.39, 0.29) is 16.9 Å². The topological polar surface area (TPSA) is 61.4 Å². The molecule has 1 N–H and O–H groups in total. The van der Waals surface area contributed by atoms with Gasteiger partial charge in [0, 0.05) is 16.4 Å². The van der Waals surface area contributed by atoms with Crippen molar-refractivity contribution in [3.8, 4) is 0 Å². The van der Waals surface area contributed by atoms with Gasteiger partial charge in [-0.1, -0.05) is 29.6 Å². The van der Waals surface area contributed by atoms with E-state index >= 15 is 0 Å². The van der Waals surface area contributed by atoms with Crippen LogP contribution in [0.25, 0.3) is 0 Å². The normalized spacial score (nSPS) is 14.3. The summed E-state index contributed by atoms with van der Waals surface area (Å²) in [6, 6.07) is 4.24. The molecular formula is C14H10F3IN4OS2. The number of benzene rings is 1. The molecule has 5 nitrogen and oxygen atoms in total. The number of alkyl halides is 3. The van der Waals surface area contributed by atoms with Crippen molar-refractivity contribution >= 4 is 56.2 Å². The van der Waals surface area contributed by atoms with Gasteiger partial charge in [0.2, 0.25) is 0 Å². The molecule has 0 amide bonds. The molecule has 11 heteroatoms. The number of hydrogen-bond acceptors (Lipinski definition) is 6. The van der Waals surface area contributed by atoms with E-state index in [4.69, 9.17) is 0 Å². The van der Waals surface area contributed by atoms with Crippen LogP contribution >= 0.6 is 46.1 Å². The Labute approximate surface area is 162 Å². The smallest absolute Gasteiger partial charge is 0.267 e. The van der Waals surface area contributed by atoms with E-state index in [1.807, 2.05) is 22.6 Å². The first-order chi connectivity index (χ1) is 11.8. The highest BCUT2D eigenvalue weighted by Gasteiger charge is 2.33. The van der Waals surface area contributed by atoms with Gasteiger partial charge in [-0.25, -0.2) is 5.10 Å². The first-order valence-electron chi connectivity index (χ1n) is 6.82. The molecule has 0 bridgehead atoms. The molecule has 0 spiro atoms. The highest BCUT2D eigenvalue weighted by atomic mass is 127. The Bertz CT molecular complexity index is 900. The maximum Gasteiger partial charge on any atom is 0.416 e. The van der Waals surface area contributed by atoms with Crippen molar-refractivity contribution in [2.75, 3.05) is 12.1 Å². The minimum atomic E-state index is -4.41. The predicted molar refractivity (Wildman–Crippen MR) is 102 cm³/mol. The molecule has 25 heavy (non-hydrogen) atoms. The van der Waals surface area contributed by atoms with E-state index in [1.54, 1.807) is 13.1 Å². The lowest BCUT2D eigenvalue weighted by Gasteiger charge is -2.22. The zero-order valence-electron chi connectivity index (χ0n) is 12.6. The lowest BCUT2D eigenvalue weighted by atomic mass is 10.1. The van der Waals surface area contributed by atoms with E-state index in [9.17, 15) is 18.0 Å². The third-order valence-corrected chi connectivity index (χ3v) is 6.20. The van der Waals surface area contributed by atoms with E-state index in [0.29, 0.717) is 18.5 Å². The Morgan fingerprint density at radius 3 is 2.88 bits per heavy atom. The molecule has 132 valence electrons. The molecule has 0 unspecified atom stereocenters. The Kier molecular flexibility index (Phi) is 5.34. The fourth-order valence-corrected chi connectivity index (χ4v) is 4.76. The molecule has 0 fully saturated rings. The second kappa shape index (κ2) is 7.19. The van der Waals surface area contributed by atoms with Crippen LogP contribution in [0.3, 0.4) is 0 Å². The van der Waals surface area contributed by atoms with E-state index < -0.39 is 11.7 Å². The van der Waals surface area contributed by atoms with Crippen LogP contribution in [-0.4, -0.2) is 21.6 Å². The molecule has 1 aliphatic heterocycles. The number of aromatic amines is 1. The van der Waals surface area contributed by atoms with Crippen molar-refractivity contribution in [3.05, 3.63) is 49.4 Å². The quantitative estimate of drug-likeness (QED) is 0.631. The molecule has 0 radical (unpaired) electrons. The Morgan fingerprint density at radius 2 is 2.16 bits per heavy atom. The fraction of sp³-hybridized carbons (Fsp3) is 0.214. The molecular weight excluding hydrogens is 488 g/mol. The molecule has 0 saturated carbocycles. The lowest BCUT2D eigenvalue weighted by molar-refractivity contribution is -0.138. The van der Waals surface area contributed by atoms with Crippen LogP contribution in [0.5, 0.6) is 0 Å². The molecule has 0 saturated heterocycles. The average Bonchev–Trinajstić information content (AvgIpc) is 2.54. The van der Waals surface area contributed by atoms with Gasteiger partial charge >= 0.3 is 6.18 Å². The Morgan fingerprint density at radius 1 is 1.40 bits per heavy atom. The highest BCUT2D eigenvalue weighted by Crippen LogP contribution is 2.38. The second-order valence-corrected chi connectivity index (χ2v) is 8.46. The van der Waals surface area contributed by atoms with Crippen molar-refractivity contribution in [1.29, 1.82) is 0 Å². The number of rotatable bonds is 2. The molecule has 0 atom stereocenters. The molecule has 2 aromatic rings. The fourth-order valence-electron chi connectivity index (χ4n) is 2.13. The van der Waals surface area contributed by atoms with Crippen LogP contribution in [0, 0.1) is 3.57 Å². The third kappa shape index (κ3) is 4.14. The van der Waals surface area contributed by atoms with Gasteiger partial charge in [-0.3, -0.25) is 9.80 Å². The zero-order chi connectivity index (χ0) is 18.2. The number of hydrazone groups is 1. The number of hydrogen-bond donors (Lipinski definition) is 1. The van der Waals surface area contributed by atoms with E-state index in [2.05, 4.69) is 15.3 Å². The SMILES string of the molecule is CN1N=C(SCc2ccc(I)cc2C(F)(F)F)Sc2c1cn[nH]c2=O. The monoisotopic (exact) mass is 498 g/mol. The van der Waals surface area contributed by atoms with Crippen LogP contribution in [0.4, 0.5) is 18.9 Å². The van der Waals surface area contributed by atoms with Gasteiger partial charge in [-0.05, 0) is 40.3 Å². The van der Waals surface area contributed by atoms with Gasteiger partial charge in [0.05, 0.1) is 17.4 Å². The largest absolute Gasteiger partial charge is 0.416 e. The van der Waals surface area contributed by atoms with Crippen molar-refractivity contribution in [2.24, 2.45) is 5.10 Å². The minimum absolute atomic E-state index is 0.101. The number of anilines is 1. The summed E-state index contributed by atoms with van der Waals surface area (Å²) in [5.74, 6) is 0.101. The summed E-state index contributed by atoms with van der Waals surface area (Å²) in [6.45, 7) is 0. The second-order valence-electron chi connectivity index (χ2n) is 4.99. The molecule has 1 aromatic heterocycles. The molecule has 0 aliphatic carbocycles. The van der Waals surface area contributed by atoms with Crippen LogP contribution in [0.15, 0.2) is 39.2 Å². The van der Waals surface area contributed by atoms with Crippen LogP contribution < -0.4 is 10.6 Å². The van der Waals surface area contributed by atoms with Gasteiger partial charge < -0.3 is 0 Å². The third-order valence-electron chi connectivity index (χ3n) is 3.29. The van der Waals surface area contributed by atoms with Crippen LogP contribution in [0.2, 0.25) is 0 Å². The summed E-state index contributed by atoms with van der Waals surface area (Å²) in [5.41, 5.74) is -0.265. The molecule has 1 aromatic carbocycles. The van der Waals surface area contributed by atoms with Gasteiger partial charge in [0.1, 0.15) is 4.90 Å². The Balaban J connectivity index is 1.82. The van der Waals surface area contributed by atoms with E-state index in [1.165, 1.54) is 17.3 Å². The number of halogens is 4. The molecule has 2 heterocycles. The van der Waals surface area contributed by atoms with Crippen molar-refractivity contribution in [2.45, 2.75) is 16.8 Å². The Hall–Kier alpha value is -1.21. The summed E-state index contributed by atoms with van der Waals surface area (Å²) in [4.78, 5) is 12.3. The van der Waals surface area contributed by atoms with Crippen molar-refractivity contribution < 1.29 is 13.2 Å². The number of aromatic nitrogens is 2. The predicted octanol–water partition coefficient (Wildman–Crippen LogP) is 4.14. The number of nitrogens with one attached hydrogen (secondary N) is 1. The summed E-state index contributed by atoms with van der Waals surface area (Å²) < 4.78 is 40.6. The minimum Gasteiger partial charge on any atom is -0.267 e. The van der Waals surface area contributed by atoms with Gasteiger partial charge in [-0.15, -0.1) is 0 Å². The van der Waals surface area contributed by atoms with Gasteiger partial charge in [0.15, 0.2) is 4.38 Å². The van der Waals surface area contributed by atoms with Crippen LogP contribution in [-0.2, 0) is 11.9 Å².